The Morgan fingerprint density at radius 1 is 1.28 bits per heavy atom. The molecule has 0 aromatic carbocycles. The van der Waals surface area contributed by atoms with E-state index in [0.717, 1.165) is 6.61 Å². The van der Waals surface area contributed by atoms with Gasteiger partial charge >= 0.3 is 0 Å². The first kappa shape index (κ1) is 12.9. The summed E-state index contributed by atoms with van der Waals surface area (Å²) in [5, 5.41) is 7.29. The van der Waals surface area contributed by atoms with Gasteiger partial charge in [-0.3, -0.25) is 5.41 Å². The Morgan fingerprint density at radius 3 is 2.56 bits per heavy atom. The minimum absolute atomic E-state index is 0.0396. The largest absolute Gasteiger partial charge is 0.477 e. The van der Waals surface area contributed by atoms with Gasteiger partial charge in [-0.15, -0.1) is 0 Å². The highest BCUT2D eigenvalue weighted by atomic mass is 16.5. The summed E-state index contributed by atoms with van der Waals surface area (Å²) < 4.78 is 5.71. The standard InChI is InChI=1S/C14H21N3O/c15-14(16)12-7-8-13(17-9-12)18-10-11-5-3-1-2-4-6-11/h7-9,11H,1-6,10H2,(H3,15,16). The molecule has 1 aromatic heterocycles. The number of amidine groups is 1. The molecule has 0 saturated heterocycles. The molecule has 4 heteroatoms. The van der Waals surface area contributed by atoms with Crippen LogP contribution in [0, 0.1) is 11.3 Å². The van der Waals surface area contributed by atoms with E-state index >= 15 is 0 Å². The summed E-state index contributed by atoms with van der Waals surface area (Å²) in [6, 6.07) is 3.56. The third-order valence-electron chi connectivity index (χ3n) is 3.49. The van der Waals surface area contributed by atoms with Gasteiger partial charge in [0.15, 0.2) is 0 Å². The van der Waals surface area contributed by atoms with Crippen LogP contribution in [-0.4, -0.2) is 17.4 Å². The fourth-order valence-corrected chi connectivity index (χ4v) is 2.36. The molecule has 2 rings (SSSR count). The number of nitrogens with one attached hydrogen (secondary N) is 1. The topological polar surface area (TPSA) is 72.0 Å². The van der Waals surface area contributed by atoms with Crippen molar-refractivity contribution in [1.29, 1.82) is 5.41 Å². The zero-order valence-corrected chi connectivity index (χ0v) is 10.7. The van der Waals surface area contributed by atoms with E-state index in [9.17, 15) is 0 Å². The van der Waals surface area contributed by atoms with Gasteiger partial charge in [0.05, 0.1) is 6.61 Å². The number of nitrogens with zero attached hydrogens (tertiary/aromatic N) is 1. The Morgan fingerprint density at radius 2 is 2.00 bits per heavy atom. The van der Waals surface area contributed by atoms with Gasteiger partial charge in [0.25, 0.3) is 0 Å². The Balaban J connectivity index is 1.83. The minimum Gasteiger partial charge on any atom is -0.477 e. The van der Waals surface area contributed by atoms with Crippen LogP contribution in [-0.2, 0) is 0 Å². The number of hydrogen-bond donors (Lipinski definition) is 2. The van der Waals surface area contributed by atoms with Crippen molar-refractivity contribution in [2.75, 3.05) is 6.61 Å². The van der Waals surface area contributed by atoms with Crippen LogP contribution in [0.25, 0.3) is 0 Å². The number of ether oxygens (including phenoxy) is 1. The normalized spacial score (nSPS) is 17.1. The van der Waals surface area contributed by atoms with Gasteiger partial charge in [0.1, 0.15) is 5.84 Å². The maximum Gasteiger partial charge on any atom is 0.213 e. The lowest BCUT2D eigenvalue weighted by atomic mass is 10.0. The Hall–Kier alpha value is -1.58. The van der Waals surface area contributed by atoms with Crippen LogP contribution in [0.4, 0.5) is 0 Å². The van der Waals surface area contributed by atoms with Crippen LogP contribution in [0.3, 0.4) is 0 Å². The van der Waals surface area contributed by atoms with E-state index < -0.39 is 0 Å². The molecule has 1 fully saturated rings. The van der Waals surface area contributed by atoms with Crippen molar-refractivity contribution >= 4 is 5.84 Å². The van der Waals surface area contributed by atoms with E-state index in [0.29, 0.717) is 17.4 Å². The predicted octanol–water partition coefficient (Wildman–Crippen LogP) is 2.71. The summed E-state index contributed by atoms with van der Waals surface area (Å²) in [5.41, 5.74) is 6.01. The van der Waals surface area contributed by atoms with Crippen molar-refractivity contribution in [2.24, 2.45) is 11.7 Å². The molecular formula is C14H21N3O. The number of aromatic nitrogens is 1. The molecule has 1 saturated carbocycles. The van der Waals surface area contributed by atoms with Gasteiger partial charge in [0.2, 0.25) is 5.88 Å². The second-order valence-corrected chi connectivity index (χ2v) is 4.97. The number of nitrogens with two attached hydrogens (primary N) is 1. The van der Waals surface area contributed by atoms with Crippen LogP contribution < -0.4 is 10.5 Å². The van der Waals surface area contributed by atoms with Crippen LogP contribution in [0.1, 0.15) is 44.1 Å². The fourth-order valence-electron chi connectivity index (χ4n) is 2.36. The number of rotatable bonds is 4. The van der Waals surface area contributed by atoms with Crippen molar-refractivity contribution in [1.82, 2.24) is 4.98 Å². The van der Waals surface area contributed by atoms with Crippen LogP contribution in [0.2, 0.25) is 0 Å². The van der Waals surface area contributed by atoms with E-state index in [1.807, 2.05) is 0 Å². The zero-order chi connectivity index (χ0) is 12.8. The fraction of sp³-hybridized carbons (Fsp3) is 0.571. The first-order valence-electron chi connectivity index (χ1n) is 6.69. The van der Waals surface area contributed by atoms with E-state index in [4.69, 9.17) is 15.9 Å². The molecule has 4 nitrogen and oxygen atoms in total. The average Bonchev–Trinajstić information content (AvgIpc) is 2.65. The molecule has 3 N–H and O–H groups in total. The highest BCUT2D eigenvalue weighted by Crippen LogP contribution is 2.23. The first-order chi connectivity index (χ1) is 8.75. The molecule has 1 aromatic rings. The van der Waals surface area contributed by atoms with Gasteiger partial charge in [-0.2, -0.15) is 0 Å². The third kappa shape index (κ3) is 3.72. The van der Waals surface area contributed by atoms with Crippen molar-refractivity contribution in [3.63, 3.8) is 0 Å². The van der Waals surface area contributed by atoms with E-state index in [1.165, 1.54) is 38.5 Å². The summed E-state index contributed by atoms with van der Waals surface area (Å²) >= 11 is 0. The molecule has 0 radical (unpaired) electrons. The average molecular weight is 247 g/mol. The molecule has 0 spiro atoms. The molecular weight excluding hydrogens is 226 g/mol. The maximum absolute atomic E-state index is 7.29. The zero-order valence-electron chi connectivity index (χ0n) is 10.7. The third-order valence-corrected chi connectivity index (χ3v) is 3.49. The summed E-state index contributed by atoms with van der Waals surface area (Å²) in [6.45, 7) is 0.756. The SMILES string of the molecule is N=C(N)c1ccc(OCC2CCCCCC2)nc1. The lowest BCUT2D eigenvalue weighted by Gasteiger charge is -2.14. The Labute approximate surface area is 108 Å². The lowest BCUT2D eigenvalue weighted by Crippen LogP contribution is -2.13. The predicted molar refractivity (Wildman–Crippen MR) is 71.9 cm³/mol. The Bertz CT molecular complexity index is 381. The number of pyridine rings is 1. The Kier molecular flexibility index (Phi) is 4.56. The second kappa shape index (κ2) is 6.38. The van der Waals surface area contributed by atoms with Gasteiger partial charge < -0.3 is 10.5 Å². The monoisotopic (exact) mass is 247 g/mol. The van der Waals surface area contributed by atoms with Crippen LogP contribution in [0.5, 0.6) is 5.88 Å². The lowest BCUT2D eigenvalue weighted by molar-refractivity contribution is 0.226. The molecule has 18 heavy (non-hydrogen) atoms. The number of hydrogen-bond acceptors (Lipinski definition) is 3. The van der Waals surface area contributed by atoms with E-state index in [2.05, 4.69) is 4.98 Å². The van der Waals surface area contributed by atoms with Crippen molar-refractivity contribution < 1.29 is 4.74 Å². The number of nitrogen functional groups attached to an aromatic ring is 1. The van der Waals surface area contributed by atoms with Crippen molar-refractivity contribution in [3.8, 4) is 5.88 Å². The van der Waals surface area contributed by atoms with Crippen LogP contribution in [0.15, 0.2) is 18.3 Å². The van der Waals surface area contributed by atoms with Crippen molar-refractivity contribution in [3.05, 3.63) is 23.9 Å². The second-order valence-electron chi connectivity index (χ2n) is 4.97. The highest BCUT2D eigenvalue weighted by molar-refractivity contribution is 5.94. The molecule has 1 aliphatic carbocycles. The van der Waals surface area contributed by atoms with Gasteiger partial charge in [-0.1, -0.05) is 25.7 Å². The molecule has 98 valence electrons. The van der Waals surface area contributed by atoms with Crippen LogP contribution >= 0.6 is 0 Å². The molecule has 1 aliphatic rings. The summed E-state index contributed by atoms with van der Waals surface area (Å²) in [6.07, 6.45) is 9.50. The summed E-state index contributed by atoms with van der Waals surface area (Å²) in [4.78, 5) is 4.16. The van der Waals surface area contributed by atoms with E-state index in [-0.39, 0.29) is 5.84 Å². The smallest absolute Gasteiger partial charge is 0.213 e. The first-order valence-corrected chi connectivity index (χ1v) is 6.69. The maximum atomic E-state index is 7.29. The van der Waals surface area contributed by atoms with Gasteiger partial charge in [-0.25, -0.2) is 4.98 Å². The van der Waals surface area contributed by atoms with Gasteiger partial charge in [-0.05, 0) is 24.8 Å². The quantitative estimate of drug-likeness (QED) is 0.488. The molecule has 0 bridgehead atoms. The highest BCUT2D eigenvalue weighted by Gasteiger charge is 2.13. The minimum atomic E-state index is 0.0396. The van der Waals surface area contributed by atoms with Gasteiger partial charge in [0, 0.05) is 17.8 Å². The van der Waals surface area contributed by atoms with Crippen molar-refractivity contribution in [2.45, 2.75) is 38.5 Å². The van der Waals surface area contributed by atoms with E-state index in [1.54, 1.807) is 18.3 Å². The summed E-state index contributed by atoms with van der Waals surface area (Å²) in [5.74, 6) is 1.34. The molecule has 0 atom stereocenters. The molecule has 0 aliphatic heterocycles. The molecule has 1 heterocycles. The summed E-state index contributed by atoms with van der Waals surface area (Å²) in [7, 11) is 0. The molecule has 0 amide bonds. The molecule has 0 unspecified atom stereocenters.